The average Bonchev–Trinajstić information content (AvgIpc) is 2.93. The topological polar surface area (TPSA) is 177 Å². The first-order valence-electron chi connectivity index (χ1n) is 11.6. The van der Waals surface area contributed by atoms with Gasteiger partial charge in [0.05, 0.1) is 21.2 Å². The van der Waals surface area contributed by atoms with Crippen molar-refractivity contribution >= 4 is 64.5 Å². The van der Waals surface area contributed by atoms with Gasteiger partial charge in [-0.15, -0.1) is 0 Å². The molecule has 0 bridgehead atoms. The van der Waals surface area contributed by atoms with Crippen molar-refractivity contribution in [1.29, 1.82) is 0 Å². The molecule has 3 amide bonds. The molecule has 12 nitrogen and oxygen atoms in total. The zero-order valence-electron chi connectivity index (χ0n) is 21.1. The van der Waals surface area contributed by atoms with E-state index >= 15 is 0 Å². The summed E-state index contributed by atoms with van der Waals surface area (Å²) in [5, 5.41) is 12.2. The van der Waals surface area contributed by atoms with Crippen molar-refractivity contribution in [2.75, 3.05) is 5.32 Å². The van der Waals surface area contributed by atoms with Crippen molar-refractivity contribution in [3.8, 4) is 0 Å². The molecule has 0 saturated carbocycles. The summed E-state index contributed by atoms with van der Waals surface area (Å²) in [6.45, 7) is 1.31. The molecule has 4 N–H and O–H groups in total. The summed E-state index contributed by atoms with van der Waals surface area (Å²) < 4.78 is 10.2. The monoisotopic (exact) mass is 601 g/mol. The Morgan fingerprint density at radius 1 is 0.707 bits per heavy atom. The molecule has 0 aliphatic heterocycles. The molecule has 0 aliphatic carbocycles. The third-order valence-corrected chi connectivity index (χ3v) is 5.86. The number of ether oxygens (including phenoxy) is 2. The second-order valence-electron chi connectivity index (χ2n) is 8.15. The molecular formula is C27H21Cl2N3O9. The molecule has 0 heterocycles. The van der Waals surface area contributed by atoms with Gasteiger partial charge in [0.1, 0.15) is 0 Å². The normalized spacial score (nSPS) is 11.8. The predicted molar refractivity (Wildman–Crippen MR) is 145 cm³/mol. The molecule has 0 saturated heterocycles. The van der Waals surface area contributed by atoms with Crippen molar-refractivity contribution in [3.05, 3.63) is 99.5 Å². The van der Waals surface area contributed by atoms with Gasteiger partial charge in [-0.1, -0.05) is 47.5 Å². The lowest BCUT2D eigenvalue weighted by molar-refractivity contribution is -0.159. The minimum absolute atomic E-state index is 0.0453. The summed E-state index contributed by atoms with van der Waals surface area (Å²) in [4.78, 5) is 74.4. The summed E-state index contributed by atoms with van der Waals surface area (Å²) in [6, 6.07) is 16.7. The van der Waals surface area contributed by atoms with Crippen LogP contribution in [0, 0.1) is 0 Å². The number of aliphatic carboxylic acids is 1. The van der Waals surface area contributed by atoms with Crippen molar-refractivity contribution in [1.82, 2.24) is 10.9 Å². The number of carbonyl (C=O) groups excluding carboxylic acids is 5. The zero-order chi connectivity index (χ0) is 30.1. The van der Waals surface area contributed by atoms with Gasteiger partial charge in [0, 0.05) is 18.2 Å². The first kappa shape index (κ1) is 30.6. The zero-order valence-corrected chi connectivity index (χ0v) is 22.6. The Labute approximate surface area is 242 Å². The van der Waals surface area contributed by atoms with Gasteiger partial charge in [-0.05, 0) is 48.5 Å². The van der Waals surface area contributed by atoms with E-state index in [1.165, 1.54) is 79.7 Å². The van der Waals surface area contributed by atoms with Crippen LogP contribution in [0.2, 0.25) is 10.0 Å². The number of halogens is 2. The largest absolute Gasteiger partial charge is 0.478 e. The van der Waals surface area contributed by atoms with Crippen LogP contribution < -0.4 is 16.2 Å². The molecule has 212 valence electrons. The number of hydrogen-bond donors (Lipinski definition) is 4. The fourth-order valence-corrected chi connectivity index (χ4v) is 3.70. The SMILES string of the molecule is CC(=O)Nc1ccc(C(=O)NNC(=O)[C@H](OC(=O)c2ccccc2Cl)[C@@H](OC(=O)c2ccccc2Cl)C(=O)O)cc1. The van der Waals surface area contributed by atoms with Crippen LogP contribution in [0.25, 0.3) is 0 Å². The van der Waals surface area contributed by atoms with Crippen LogP contribution >= 0.6 is 23.2 Å². The molecule has 0 spiro atoms. The summed E-state index contributed by atoms with van der Waals surface area (Å²) in [5.41, 5.74) is 4.04. The van der Waals surface area contributed by atoms with Crippen LogP contribution in [-0.2, 0) is 23.9 Å². The van der Waals surface area contributed by atoms with Crippen LogP contribution in [0.4, 0.5) is 5.69 Å². The molecule has 3 aromatic carbocycles. The summed E-state index contributed by atoms with van der Waals surface area (Å²) >= 11 is 12.0. The number of amides is 3. The van der Waals surface area contributed by atoms with Crippen LogP contribution in [0.5, 0.6) is 0 Å². The molecule has 0 aromatic heterocycles. The molecule has 41 heavy (non-hydrogen) atoms. The lowest BCUT2D eigenvalue weighted by atomic mass is 10.1. The first-order chi connectivity index (χ1) is 19.5. The highest BCUT2D eigenvalue weighted by Gasteiger charge is 2.41. The Kier molecular flexibility index (Phi) is 10.4. The van der Waals surface area contributed by atoms with Gasteiger partial charge < -0.3 is 19.9 Å². The maximum Gasteiger partial charge on any atom is 0.349 e. The van der Waals surface area contributed by atoms with E-state index in [-0.39, 0.29) is 32.6 Å². The number of nitrogens with one attached hydrogen (secondary N) is 3. The van der Waals surface area contributed by atoms with Crippen molar-refractivity contribution in [3.63, 3.8) is 0 Å². The minimum atomic E-state index is -2.38. The number of benzene rings is 3. The Balaban J connectivity index is 1.84. The number of hydrogen-bond acceptors (Lipinski definition) is 8. The van der Waals surface area contributed by atoms with Gasteiger partial charge >= 0.3 is 17.9 Å². The number of anilines is 1. The van der Waals surface area contributed by atoms with Crippen LogP contribution in [-0.4, -0.2) is 52.9 Å². The molecule has 0 radical (unpaired) electrons. The molecule has 0 unspecified atom stereocenters. The van der Waals surface area contributed by atoms with E-state index in [9.17, 15) is 33.9 Å². The highest BCUT2D eigenvalue weighted by Crippen LogP contribution is 2.21. The summed E-state index contributed by atoms with van der Waals surface area (Å²) in [6.07, 6.45) is -4.68. The molecule has 0 aliphatic rings. The smallest absolute Gasteiger partial charge is 0.349 e. The number of esters is 2. The standard InChI is InChI=1S/C27H21Cl2N3O9/c1-14(33)30-16-12-10-15(11-13-16)23(34)31-32-24(35)21(40-26(38)17-6-2-4-8-19(17)28)22(25(36)37)41-27(39)18-7-3-5-9-20(18)29/h2-13,21-22H,1H3,(H,30,33)(H,31,34)(H,32,35)(H,36,37)/t21-,22-/m1/s1. The molecule has 2 atom stereocenters. The second kappa shape index (κ2) is 13.9. The van der Waals surface area contributed by atoms with Gasteiger partial charge in [-0.2, -0.15) is 0 Å². The highest BCUT2D eigenvalue weighted by molar-refractivity contribution is 6.34. The van der Waals surface area contributed by atoms with Gasteiger partial charge in [0.15, 0.2) is 0 Å². The lowest BCUT2D eigenvalue weighted by Crippen LogP contribution is -2.54. The Hall–Kier alpha value is -4.94. The summed E-state index contributed by atoms with van der Waals surface area (Å²) in [5.74, 6) is -6.81. The van der Waals surface area contributed by atoms with E-state index in [1.54, 1.807) is 0 Å². The van der Waals surface area contributed by atoms with Crippen LogP contribution in [0.1, 0.15) is 38.0 Å². The number of carboxylic acids is 1. The van der Waals surface area contributed by atoms with Crippen molar-refractivity contribution in [2.45, 2.75) is 19.1 Å². The molecule has 3 rings (SSSR count). The number of hydrazine groups is 1. The maximum absolute atomic E-state index is 13.1. The van der Waals surface area contributed by atoms with Gasteiger partial charge in [0.25, 0.3) is 11.8 Å². The Morgan fingerprint density at radius 3 is 1.66 bits per heavy atom. The first-order valence-corrected chi connectivity index (χ1v) is 12.3. The van der Waals surface area contributed by atoms with Crippen molar-refractivity contribution < 1.29 is 43.3 Å². The molecular weight excluding hydrogens is 581 g/mol. The fraction of sp³-hybridized carbons (Fsp3) is 0.111. The van der Waals surface area contributed by atoms with Gasteiger partial charge in [-0.25, -0.2) is 14.4 Å². The van der Waals surface area contributed by atoms with E-state index in [1.807, 2.05) is 5.43 Å². The van der Waals surface area contributed by atoms with Gasteiger partial charge in [0.2, 0.25) is 18.1 Å². The second-order valence-corrected chi connectivity index (χ2v) is 8.97. The number of carboxylic acid groups (broad SMARTS) is 1. The van der Waals surface area contributed by atoms with Gasteiger partial charge in [-0.3, -0.25) is 25.2 Å². The van der Waals surface area contributed by atoms with Crippen LogP contribution in [0.3, 0.4) is 0 Å². The van der Waals surface area contributed by atoms with E-state index < -0.39 is 41.9 Å². The molecule has 3 aromatic rings. The Bertz CT molecular complexity index is 1500. The van der Waals surface area contributed by atoms with E-state index in [4.69, 9.17) is 32.7 Å². The fourth-order valence-electron chi connectivity index (χ4n) is 3.28. The molecule has 14 heteroatoms. The predicted octanol–water partition coefficient (Wildman–Crippen LogP) is 3.25. The van der Waals surface area contributed by atoms with E-state index in [2.05, 4.69) is 10.7 Å². The third-order valence-electron chi connectivity index (χ3n) is 5.20. The third kappa shape index (κ3) is 8.27. The highest BCUT2D eigenvalue weighted by atomic mass is 35.5. The van der Waals surface area contributed by atoms with E-state index in [0.29, 0.717) is 5.69 Å². The van der Waals surface area contributed by atoms with Crippen molar-refractivity contribution in [2.24, 2.45) is 0 Å². The number of rotatable bonds is 9. The quantitative estimate of drug-likeness (QED) is 0.212. The minimum Gasteiger partial charge on any atom is -0.478 e. The number of carbonyl (C=O) groups is 6. The lowest BCUT2D eigenvalue weighted by Gasteiger charge is -2.24. The summed E-state index contributed by atoms with van der Waals surface area (Å²) in [7, 11) is 0. The average molecular weight is 602 g/mol. The van der Waals surface area contributed by atoms with Crippen LogP contribution in [0.15, 0.2) is 72.8 Å². The molecule has 0 fully saturated rings. The van der Waals surface area contributed by atoms with E-state index in [0.717, 1.165) is 0 Å². The maximum atomic E-state index is 13.1. The Morgan fingerprint density at radius 2 is 1.20 bits per heavy atom.